The Labute approximate surface area is 181 Å². The van der Waals surface area contributed by atoms with Crippen molar-refractivity contribution < 1.29 is 14.2 Å². The highest BCUT2D eigenvalue weighted by Gasteiger charge is 2.38. The van der Waals surface area contributed by atoms with Crippen molar-refractivity contribution in [2.75, 3.05) is 27.9 Å². The molecule has 0 saturated heterocycles. The molecule has 7 nitrogen and oxygen atoms in total. The third-order valence-electron chi connectivity index (χ3n) is 5.83. The fourth-order valence-corrected chi connectivity index (χ4v) is 4.31. The zero-order chi connectivity index (χ0) is 22.1. The van der Waals surface area contributed by atoms with Crippen LogP contribution in [0.25, 0.3) is 5.70 Å². The van der Waals surface area contributed by atoms with Gasteiger partial charge in [-0.25, -0.2) is 0 Å². The van der Waals surface area contributed by atoms with E-state index in [-0.39, 0.29) is 0 Å². The molecule has 4 rings (SSSR count). The Kier molecular flexibility index (Phi) is 5.19. The highest BCUT2D eigenvalue weighted by Crippen LogP contribution is 2.47. The number of ether oxygens (including phenoxy) is 3. The van der Waals surface area contributed by atoms with Crippen molar-refractivity contribution in [3.63, 3.8) is 0 Å². The molecule has 0 bridgehead atoms. The first kappa shape index (κ1) is 20.2. The molecule has 2 aromatic carbocycles. The van der Waals surface area contributed by atoms with Gasteiger partial charge in [0, 0.05) is 12.1 Å². The van der Waals surface area contributed by atoms with Gasteiger partial charge in [0.25, 0.3) is 0 Å². The van der Waals surface area contributed by atoms with E-state index in [0.29, 0.717) is 52.9 Å². The van der Waals surface area contributed by atoms with Crippen molar-refractivity contribution in [2.45, 2.75) is 12.3 Å². The van der Waals surface area contributed by atoms with E-state index in [2.05, 4.69) is 12.1 Å². The largest absolute Gasteiger partial charge is 0.497 e. The van der Waals surface area contributed by atoms with Crippen LogP contribution in [0.1, 0.15) is 22.6 Å². The van der Waals surface area contributed by atoms with Gasteiger partial charge < -0.3 is 24.8 Å². The maximum Gasteiger partial charge on any atom is 0.161 e. The van der Waals surface area contributed by atoms with Crippen LogP contribution in [0.2, 0.25) is 0 Å². The maximum absolute atomic E-state index is 10.2. The molecule has 0 radical (unpaired) electrons. The van der Waals surface area contributed by atoms with Gasteiger partial charge in [0.15, 0.2) is 11.5 Å². The zero-order valence-electron chi connectivity index (χ0n) is 17.6. The summed E-state index contributed by atoms with van der Waals surface area (Å²) in [7, 11) is 4.77. The molecule has 2 N–H and O–H groups in total. The number of hydrogen-bond acceptors (Lipinski definition) is 7. The third-order valence-corrected chi connectivity index (χ3v) is 5.83. The normalized spacial score (nSPS) is 17.3. The fourth-order valence-electron chi connectivity index (χ4n) is 4.31. The minimum atomic E-state index is -0.564. The van der Waals surface area contributed by atoms with Gasteiger partial charge in [-0.1, -0.05) is 12.1 Å². The van der Waals surface area contributed by atoms with Crippen LogP contribution in [-0.4, -0.2) is 32.8 Å². The van der Waals surface area contributed by atoms with Crippen molar-refractivity contribution in [2.24, 2.45) is 5.73 Å². The number of nitrogens with zero attached hydrogens (tertiary/aromatic N) is 3. The van der Waals surface area contributed by atoms with E-state index in [1.54, 1.807) is 21.3 Å². The highest BCUT2D eigenvalue weighted by atomic mass is 16.5. The molecule has 2 aliphatic rings. The number of methoxy groups -OCH3 is 3. The molecular weight excluding hydrogens is 392 g/mol. The molecule has 0 saturated carbocycles. The number of nitriles is 2. The van der Waals surface area contributed by atoms with Gasteiger partial charge >= 0.3 is 0 Å². The van der Waals surface area contributed by atoms with Crippen LogP contribution in [0.4, 0.5) is 0 Å². The Morgan fingerprint density at radius 3 is 2.16 bits per heavy atom. The van der Waals surface area contributed by atoms with Crippen molar-refractivity contribution in [1.82, 2.24) is 4.90 Å². The predicted molar refractivity (Wildman–Crippen MR) is 115 cm³/mol. The van der Waals surface area contributed by atoms with Crippen LogP contribution >= 0.6 is 0 Å². The van der Waals surface area contributed by atoms with Gasteiger partial charge in [-0.3, -0.25) is 0 Å². The van der Waals surface area contributed by atoms with Crippen LogP contribution in [0, 0.1) is 22.7 Å². The van der Waals surface area contributed by atoms with Crippen molar-refractivity contribution in [3.05, 3.63) is 70.1 Å². The SMILES string of the molecule is COc1ccc(C2C(C#N)=C(N)N3CCc4cc(OC)c(OC)cc4C3=C2C#N)cc1. The van der Waals surface area contributed by atoms with Crippen molar-refractivity contribution >= 4 is 5.70 Å². The van der Waals surface area contributed by atoms with E-state index in [9.17, 15) is 10.5 Å². The molecule has 1 atom stereocenters. The van der Waals surface area contributed by atoms with E-state index in [4.69, 9.17) is 19.9 Å². The van der Waals surface area contributed by atoms with Gasteiger partial charge in [-0.2, -0.15) is 10.5 Å². The Balaban J connectivity index is 1.98. The number of hydrogen-bond donors (Lipinski definition) is 1. The second-order valence-electron chi connectivity index (χ2n) is 7.26. The number of rotatable bonds is 4. The fraction of sp³-hybridized carbons (Fsp3) is 0.250. The first-order valence-corrected chi connectivity index (χ1v) is 9.78. The molecule has 0 fully saturated rings. The van der Waals surface area contributed by atoms with Crippen LogP contribution in [0.5, 0.6) is 17.2 Å². The molecule has 2 heterocycles. The summed E-state index contributed by atoms with van der Waals surface area (Å²) >= 11 is 0. The minimum Gasteiger partial charge on any atom is -0.497 e. The second kappa shape index (κ2) is 7.97. The second-order valence-corrected chi connectivity index (χ2v) is 7.26. The smallest absolute Gasteiger partial charge is 0.161 e. The van der Waals surface area contributed by atoms with Crippen LogP contribution in [0.15, 0.2) is 53.4 Å². The van der Waals surface area contributed by atoms with E-state index in [0.717, 1.165) is 16.7 Å². The minimum absolute atomic E-state index is 0.370. The molecule has 0 aliphatic carbocycles. The lowest BCUT2D eigenvalue weighted by atomic mass is 9.78. The van der Waals surface area contributed by atoms with E-state index >= 15 is 0 Å². The summed E-state index contributed by atoms with van der Waals surface area (Å²) in [5, 5.41) is 20.2. The highest BCUT2D eigenvalue weighted by molar-refractivity contribution is 5.81. The number of fused-ring (bicyclic) bond motifs is 3. The van der Waals surface area contributed by atoms with E-state index < -0.39 is 5.92 Å². The Morgan fingerprint density at radius 2 is 1.58 bits per heavy atom. The summed E-state index contributed by atoms with van der Waals surface area (Å²) < 4.78 is 16.2. The predicted octanol–water partition coefficient (Wildman–Crippen LogP) is 3.30. The molecule has 31 heavy (non-hydrogen) atoms. The van der Waals surface area contributed by atoms with Crippen molar-refractivity contribution in [3.8, 4) is 29.4 Å². The summed E-state index contributed by atoms with van der Waals surface area (Å²) in [5.41, 5.74) is 10.7. The van der Waals surface area contributed by atoms with Gasteiger partial charge in [0.1, 0.15) is 11.6 Å². The summed E-state index contributed by atoms with van der Waals surface area (Å²) in [6.45, 7) is 0.565. The van der Waals surface area contributed by atoms with Gasteiger partial charge in [0.05, 0.1) is 56.2 Å². The van der Waals surface area contributed by atoms with E-state index in [1.165, 1.54) is 0 Å². The third kappa shape index (κ3) is 3.12. The molecule has 0 spiro atoms. The number of benzene rings is 2. The lowest BCUT2D eigenvalue weighted by Gasteiger charge is -2.40. The van der Waals surface area contributed by atoms with Gasteiger partial charge in [0.2, 0.25) is 0 Å². The molecule has 7 heteroatoms. The van der Waals surface area contributed by atoms with Crippen LogP contribution in [-0.2, 0) is 6.42 Å². The quantitative estimate of drug-likeness (QED) is 0.818. The summed E-state index contributed by atoms with van der Waals surface area (Å²) in [6.07, 6.45) is 0.699. The monoisotopic (exact) mass is 414 g/mol. The van der Waals surface area contributed by atoms with Gasteiger partial charge in [-0.15, -0.1) is 0 Å². The lowest BCUT2D eigenvalue weighted by Crippen LogP contribution is -2.38. The molecule has 0 aromatic heterocycles. The first-order valence-electron chi connectivity index (χ1n) is 9.78. The Bertz CT molecular complexity index is 1180. The van der Waals surface area contributed by atoms with E-state index in [1.807, 2.05) is 41.3 Å². The Morgan fingerprint density at radius 1 is 0.935 bits per heavy atom. The number of allylic oxidation sites excluding steroid dienone is 2. The average Bonchev–Trinajstić information content (AvgIpc) is 2.82. The summed E-state index contributed by atoms with van der Waals surface area (Å²) in [4.78, 5) is 1.87. The standard InChI is InChI=1S/C24H22N4O3/c1-29-16-6-4-14(5-7-16)22-18(12-25)23-17-11-21(31-3)20(30-2)10-15(17)8-9-28(23)24(27)19(22)13-26/h4-7,10-11,22H,8-9,27H2,1-3H3. The molecule has 0 amide bonds. The van der Waals surface area contributed by atoms with Crippen LogP contribution in [0.3, 0.4) is 0 Å². The van der Waals surface area contributed by atoms with Crippen LogP contribution < -0.4 is 19.9 Å². The Hall–Kier alpha value is -4.10. The molecule has 1 unspecified atom stereocenters. The topological polar surface area (TPSA) is 105 Å². The maximum atomic E-state index is 10.2. The first-order chi connectivity index (χ1) is 15.1. The number of nitrogens with two attached hydrogens (primary N) is 1. The average molecular weight is 414 g/mol. The van der Waals surface area contributed by atoms with Gasteiger partial charge in [-0.05, 0) is 41.8 Å². The molecule has 2 aliphatic heterocycles. The summed E-state index contributed by atoms with van der Waals surface area (Å²) in [6, 6.07) is 15.8. The summed E-state index contributed by atoms with van der Waals surface area (Å²) in [5.74, 6) is 1.71. The lowest BCUT2D eigenvalue weighted by molar-refractivity contribution is 0.353. The zero-order valence-corrected chi connectivity index (χ0v) is 17.6. The molecular formula is C24H22N4O3. The van der Waals surface area contributed by atoms with Crippen molar-refractivity contribution in [1.29, 1.82) is 10.5 Å². The molecule has 2 aromatic rings. The molecule has 156 valence electrons.